The Balaban J connectivity index is 1.36. The number of fused-ring (bicyclic) bond motifs is 1. The Morgan fingerprint density at radius 3 is 2.64 bits per heavy atom. The number of benzene rings is 2. The highest BCUT2D eigenvalue weighted by Crippen LogP contribution is 2.61. The predicted octanol–water partition coefficient (Wildman–Crippen LogP) is 6.41. The van der Waals surface area contributed by atoms with Crippen LogP contribution in [0.2, 0.25) is 0 Å². The third kappa shape index (κ3) is 5.88. The van der Waals surface area contributed by atoms with Gasteiger partial charge in [0.2, 0.25) is 0 Å². The molecule has 2 bridgehead atoms. The highest BCUT2D eigenvalue weighted by atomic mass is 79.9. The lowest BCUT2D eigenvalue weighted by Crippen LogP contribution is -2.71. The summed E-state index contributed by atoms with van der Waals surface area (Å²) in [4.78, 5) is 26.7. The van der Waals surface area contributed by atoms with Crippen molar-refractivity contribution in [3.8, 4) is 11.5 Å². The van der Waals surface area contributed by atoms with Crippen molar-refractivity contribution in [3.63, 3.8) is 0 Å². The first-order valence-corrected chi connectivity index (χ1v) is 16.5. The molecule has 0 aromatic heterocycles. The van der Waals surface area contributed by atoms with Crippen molar-refractivity contribution in [2.45, 2.75) is 69.7 Å². The third-order valence-electron chi connectivity index (χ3n) is 9.77. The molecule has 1 unspecified atom stereocenters. The summed E-state index contributed by atoms with van der Waals surface area (Å²) in [6.45, 7) is 9.30. The van der Waals surface area contributed by atoms with Crippen LogP contribution in [-0.2, 0) is 30.2 Å². The molecule has 1 aliphatic heterocycles. The number of halogens is 1. The van der Waals surface area contributed by atoms with E-state index in [1.165, 1.54) is 19.2 Å². The Hall–Kier alpha value is -3.64. The van der Waals surface area contributed by atoms with Crippen LogP contribution in [0.25, 0.3) is 0 Å². The average Bonchev–Trinajstić information content (AvgIpc) is 3.17. The molecule has 7 atom stereocenters. The molecule has 3 N–H and O–H groups in total. The van der Waals surface area contributed by atoms with Crippen molar-refractivity contribution in [2.75, 3.05) is 19.5 Å². The van der Waals surface area contributed by atoms with Gasteiger partial charge in [0.25, 0.3) is 0 Å². The number of allylic oxidation sites excluding steroid dienone is 1. The number of nitrogen functional groups attached to an aromatic ring is 1. The van der Waals surface area contributed by atoms with E-state index in [1.807, 2.05) is 42.5 Å². The Morgan fingerprint density at radius 1 is 1.19 bits per heavy atom. The Bertz CT molecular complexity index is 1660. The topological polar surface area (TPSA) is 136 Å². The van der Waals surface area contributed by atoms with E-state index in [1.54, 1.807) is 13.8 Å². The second-order valence-corrected chi connectivity index (χ2v) is 13.9. The van der Waals surface area contributed by atoms with Crippen LogP contribution in [0.3, 0.4) is 0 Å². The van der Waals surface area contributed by atoms with Gasteiger partial charge >= 0.3 is 12.1 Å². The lowest BCUT2D eigenvalue weighted by molar-refractivity contribution is -0.474. The number of hydrogen-bond donors (Lipinski definition) is 2. The molecule has 10 nitrogen and oxygen atoms in total. The number of ether oxygens (including phenoxy) is 6. The van der Waals surface area contributed by atoms with E-state index in [4.69, 9.17) is 34.2 Å². The van der Waals surface area contributed by atoms with Crippen molar-refractivity contribution >= 4 is 33.6 Å². The molecule has 4 aliphatic rings. The number of nitrogens with two attached hydrogens (primary N) is 1. The third-order valence-corrected chi connectivity index (χ3v) is 10.4. The monoisotopic (exact) mass is 709 g/mol. The van der Waals surface area contributed by atoms with Crippen LogP contribution in [-0.4, -0.2) is 54.0 Å². The molecule has 250 valence electrons. The first kappa shape index (κ1) is 33.3. The maximum atomic E-state index is 13.8. The van der Waals surface area contributed by atoms with Gasteiger partial charge in [-0.2, -0.15) is 0 Å². The number of methoxy groups -OCH3 is 1. The van der Waals surface area contributed by atoms with Gasteiger partial charge in [-0.1, -0.05) is 56.0 Å². The van der Waals surface area contributed by atoms with Gasteiger partial charge in [0, 0.05) is 28.8 Å². The zero-order valence-corrected chi connectivity index (χ0v) is 28.5. The number of carbonyl (C=O) groups excluding carboxylic acids is 2. The molecule has 1 saturated heterocycles. The van der Waals surface area contributed by atoms with Crippen molar-refractivity contribution in [2.24, 2.45) is 17.8 Å². The molecule has 47 heavy (non-hydrogen) atoms. The zero-order chi connectivity index (χ0) is 33.7. The highest BCUT2D eigenvalue weighted by molar-refractivity contribution is 9.10. The van der Waals surface area contributed by atoms with E-state index >= 15 is 0 Å². The fourth-order valence-corrected chi connectivity index (χ4v) is 8.24. The molecule has 1 saturated carbocycles. The lowest BCUT2D eigenvalue weighted by atomic mass is 9.59. The smallest absolute Gasteiger partial charge is 0.494 e. The molecule has 2 aromatic carbocycles. The highest BCUT2D eigenvalue weighted by Gasteiger charge is 2.70. The average molecular weight is 711 g/mol. The van der Waals surface area contributed by atoms with E-state index in [0.717, 1.165) is 12.0 Å². The summed E-state index contributed by atoms with van der Waals surface area (Å²) in [6, 6.07) is 12.8. The number of Topliss-reactive ketones (excluding diaryl/α,β-unsaturated/α-hetero) is 1. The van der Waals surface area contributed by atoms with E-state index < -0.39 is 41.3 Å². The van der Waals surface area contributed by atoms with Crippen LogP contribution in [0, 0.1) is 17.8 Å². The molecular formula is C36H40BrNO9. The van der Waals surface area contributed by atoms with Gasteiger partial charge in [0.1, 0.15) is 23.7 Å². The van der Waals surface area contributed by atoms with Crippen LogP contribution in [0.15, 0.2) is 82.6 Å². The van der Waals surface area contributed by atoms with Crippen LogP contribution in [0.4, 0.5) is 10.5 Å². The normalized spacial score (nSPS) is 32.6. The van der Waals surface area contributed by atoms with Crippen LogP contribution in [0.5, 0.6) is 11.5 Å². The number of aliphatic hydroxyl groups is 1. The fraction of sp³-hybridized carbons (Fsp3) is 0.444. The van der Waals surface area contributed by atoms with Gasteiger partial charge in [-0.25, -0.2) is 4.79 Å². The molecule has 0 amide bonds. The number of ketones is 1. The first-order chi connectivity index (χ1) is 22.3. The van der Waals surface area contributed by atoms with Crippen molar-refractivity contribution < 1.29 is 43.1 Å². The Kier molecular flexibility index (Phi) is 8.80. The van der Waals surface area contributed by atoms with Gasteiger partial charge in [0.15, 0.2) is 5.78 Å². The molecule has 11 heteroatoms. The van der Waals surface area contributed by atoms with E-state index in [2.05, 4.69) is 29.4 Å². The summed E-state index contributed by atoms with van der Waals surface area (Å²) in [5.41, 5.74) is 5.34. The van der Waals surface area contributed by atoms with E-state index in [9.17, 15) is 14.7 Å². The lowest BCUT2D eigenvalue weighted by Gasteiger charge is -2.61. The van der Waals surface area contributed by atoms with Crippen LogP contribution >= 0.6 is 15.9 Å². The minimum Gasteiger partial charge on any atom is -0.494 e. The molecule has 2 aromatic rings. The number of rotatable bonds is 8. The van der Waals surface area contributed by atoms with Gasteiger partial charge < -0.3 is 39.3 Å². The molecular weight excluding hydrogens is 670 g/mol. The van der Waals surface area contributed by atoms with Gasteiger partial charge in [0.05, 0.1) is 36.7 Å². The van der Waals surface area contributed by atoms with E-state index in [-0.39, 0.29) is 36.9 Å². The molecule has 2 fully saturated rings. The summed E-state index contributed by atoms with van der Waals surface area (Å²) in [5.74, 6) is -2.27. The zero-order valence-electron chi connectivity index (χ0n) is 26.9. The summed E-state index contributed by atoms with van der Waals surface area (Å²) in [7, 11) is 1.45. The van der Waals surface area contributed by atoms with Gasteiger partial charge in [-0.05, 0) is 71.3 Å². The van der Waals surface area contributed by atoms with Gasteiger partial charge in [-0.15, -0.1) is 0 Å². The Morgan fingerprint density at radius 2 is 1.94 bits per heavy atom. The van der Waals surface area contributed by atoms with Crippen LogP contribution < -0.4 is 15.2 Å². The number of hydrogen-bond acceptors (Lipinski definition) is 10. The van der Waals surface area contributed by atoms with Crippen molar-refractivity contribution in [1.82, 2.24) is 0 Å². The summed E-state index contributed by atoms with van der Waals surface area (Å²) in [6.07, 6.45) is 4.06. The number of carbonyl (C=O) groups is 2. The SMILES string of the molecule is C=C(C)O[C@]1(Cc2ccccc2)OC2CC[C@@H](C)[C@@]3(O1)[C@H]2C=C(COC(=O)Oc1cc(Br)c(N)c(OC)c1)C[C@]1(O)C(=O)C(C)=C[C@@H]31. The standard InChI is InChI=1S/C36H40BrNO9/c1-20(2)45-35(18-23-9-7-6-8-10-23)46-28-12-11-22(4)36(47-35)26(28)14-24(17-34(41)30(36)13-21(3)32(34)39)19-43-33(40)44-25-15-27(37)31(38)29(16-25)42-5/h6-10,13-16,22,26,28,30,41H,1,11-12,17-19,38H2,2-5H3/t22-,26+,28?,30-,34-,35-,36-/m1/s1. The quantitative estimate of drug-likeness (QED) is 0.104. The van der Waals surface area contributed by atoms with Crippen molar-refractivity contribution in [1.29, 1.82) is 0 Å². The molecule has 0 radical (unpaired) electrons. The maximum absolute atomic E-state index is 13.8. The first-order valence-electron chi connectivity index (χ1n) is 15.7. The Labute approximate surface area is 282 Å². The summed E-state index contributed by atoms with van der Waals surface area (Å²) < 4.78 is 37.0. The largest absolute Gasteiger partial charge is 0.514 e. The maximum Gasteiger partial charge on any atom is 0.514 e. The van der Waals surface area contributed by atoms with E-state index in [0.29, 0.717) is 39.2 Å². The second-order valence-electron chi connectivity index (χ2n) is 13.0. The predicted molar refractivity (Wildman–Crippen MR) is 176 cm³/mol. The van der Waals surface area contributed by atoms with Crippen molar-refractivity contribution in [3.05, 3.63) is 88.1 Å². The summed E-state index contributed by atoms with van der Waals surface area (Å²) in [5, 5.41) is 12.4. The molecule has 3 aliphatic carbocycles. The minimum atomic E-state index is -1.84. The molecule has 6 rings (SSSR count). The second kappa shape index (κ2) is 12.4. The molecule has 1 heterocycles. The summed E-state index contributed by atoms with van der Waals surface area (Å²) >= 11 is 3.33. The fourth-order valence-electron chi connectivity index (χ4n) is 7.82. The van der Waals surface area contributed by atoms with Crippen LogP contribution in [0.1, 0.15) is 45.6 Å². The number of anilines is 1. The molecule has 0 spiro atoms. The van der Waals surface area contributed by atoms with Gasteiger partial charge in [-0.3, -0.25) is 4.79 Å². The minimum absolute atomic E-state index is 0.0626.